The third-order valence-electron chi connectivity index (χ3n) is 3.43. The monoisotopic (exact) mass is 388 g/mol. The molecule has 0 bridgehead atoms. The lowest BCUT2D eigenvalue weighted by molar-refractivity contribution is -0.180. The molecule has 0 aliphatic rings. The molecule has 1 rings (SSSR count). The average Bonchev–Trinajstić information content (AvgIpc) is 2.56. The molecule has 0 aliphatic carbocycles. The van der Waals surface area contributed by atoms with Crippen molar-refractivity contribution < 1.29 is 32.9 Å². The number of rotatable bonds is 10. The molecule has 0 saturated carbocycles. The van der Waals surface area contributed by atoms with Crippen LogP contribution in [0.2, 0.25) is 0 Å². The van der Waals surface area contributed by atoms with E-state index < -0.39 is 42.2 Å². The molecule has 10 heteroatoms. The minimum atomic E-state index is -1.60. The lowest BCUT2D eigenvalue weighted by Gasteiger charge is -2.30. The number of nitrogens with zero attached hydrogens (tertiary/aromatic N) is 2. The molecule has 0 N–H and O–H groups in total. The van der Waals surface area contributed by atoms with E-state index in [2.05, 4.69) is 4.98 Å². The summed E-state index contributed by atoms with van der Waals surface area (Å²) in [7, 11) is 0. The van der Waals surface area contributed by atoms with Crippen LogP contribution in [0.5, 0.6) is 5.88 Å². The topological polar surface area (TPSA) is 106 Å². The van der Waals surface area contributed by atoms with Gasteiger partial charge in [0.2, 0.25) is 5.88 Å². The Morgan fingerprint density at radius 3 is 2.41 bits per heavy atom. The van der Waals surface area contributed by atoms with E-state index in [0.717, 1.165) is 11.5 Å². The summed E-state index contributed by atoms with van der Waals surface area (Å²) >= 11 is 0. The predicted molar refractivity (Wildman–Crippen MR) is 92.0 cm³/mol. The van der Waals surface area contributed by atoms with Crippen molar-refractivity contribution in [1.82, 2.24) is 9.55 Å². The van der Waals surface area contributed by atoms with Crippen LogP contribution in [0, 0.1) is 0 Å². The fourth-order valence-electron chi connectivity index (χ4n) is 2.29. The van der Waals surface area contributed by atoms with E-state index in [4.69, 9.17) is 18.9 Å². The fourth-order valence-corrected chi connectivity index (χ4v) is 2.29. The Morgan fingerprint density at radius 1 is 1.26 bits per heavy atom. The highest BCUT2D eigenvalue weighted by molar-refractivity contribution is 5.66. The Labute approximate surface area is 156 Å². The van der Waals surface area contributed by atoms with Crippen molar-refractivity contribution >= 4 is 11.9 Å². The van der Waals surface area contributed by atoms with E-state index in [1.165, 1.54) is 33.0 Å². The summed E-state index contributed by atoms with van der Waals surface area (Å²) in [5, 5.41) is 0. The van der Waals surface area contributed by atoms with Gasteiger partial charge in [0.1, 0.15) is 25.1 Å². The maximum Gasteiger partial charge on any atom is 0.352 e. The van der Waals surface area contributed by atoms with Gasteiger partial charge in [-0.05, 0) is 20.8 Å². The van der Waals surface area contributed by atoms with Crippen molar-refractivity contribution in [2.45, 2.75) is 59.2 Å². The first kappa shape index (κ1) is 22.6. The Kier molecular flexibility index (Phi) is 8.86. The first-order valence-corrected chi connectivity index (χ1v) is 8.47. The number of carbonyl (C=O) groups excluding carboxylic acids is 2. The summed E-state index contributed by atoms with van der Waals surface area (Å²) in [5.41, 5.74) is -0.642. The zero-order valence-corrected chi connectivity index (χ0v) is 16.0. The minimum Gasteiger partial charge on any atom is -0.478 e. The normalized spacial score (nSPS) is 15.3. The number of alkyl halides is 1. The number of halogens is 1. The number of carbonyl (C=O) groups is 2. The first-order valence-electron chi connectivity index (χ1n) is 8.47. The lowest BCUT2D eigenvalue weighted by atomic mass is 10.1. The predicted octanol–water partition coefficient (Wildman–Crippen LogP) is 1.40. The van der Waals surface area contributed by atoms with E-state index in [9.17, 15) is 18.8 Å². The molecule has 0 spiro atoms. The van der Waals surface area contributed by atoms with Crippen molar-refractivity contribution in [3.63, 3.8) is 0 Å². The van der Waals surface area contributed by atoms with Crippen molar-refractivity contribution in [2.75, 3.05) is 13.2 Å². The van der Waals surface area contributed by atoms with E-state index in [0.29, 0.717) is 6.61 Å². The standard InChI is InChI=1S/C17H25FN2O7/c1-6-24-15-7-8-20(17(23)19-15)11(3)26-14(9-25-12(4)21)16(10(2)18)27-13(5)22/h7-8,10-11,14,16H,6,9H2,1-5H3/t10?,11?,14-,16?/m1/s1. The molecule has 0 aliphatic heterocycles. The molecule has 27 heavy (non-hydrogen) atoms. The molecule has 0 saturated heterocycles. The zero-order chi connectivity index (χ0) is 20.6. The van der Waals surface area contributed by atoms with Gasteiger partial charge >= 0.3 is 17.6 Å². The van der Waals surface area contributed by atoms with Crippen molar-refractivity contribution in [1.29, 1.82) is 0 Å². The largest absolute Gasteiger partial charge is 0.478 e. The highest BCUT2D eigenvalue weighted by atomic mass is 19.1. The maximum absolute atomic E-state index is 14.0. The van der Waals surface area contributed by atoms with Gasteiger partial charge in [-0.15, -0.1) is 0 Å². The summed E-state index contributed by atoms with van der Waals surface area (Å²) in [6, 6.07) is 1.48. The highest BCUT2D eigenvalue weighted by Crippen LogP contribution is 2.19. The van der Waals surface area contributed by atoms with Gasteiger partial charge in [0.15, 0.2) is 6.10 Å². The minimum absolute atomic E-state index is 0.164. The highest BCUT2D eigenvalue weighted by Gasteiger charge is 2.33. The Hall–Kier alpha value is -2.49. The van der Waals surface area contributed by atoms with E-state index in [1.54, 1.807) is 6.92 Å². The van der Waals surface area contributed by atoms with Crippen LogP contribution < -0.4 is 10.4 Å². The molecular weight excluding hydrogens is 363 g/mol. The molecule has 9 nitrogen and oxygen atoms in total. The summed E-state index contributed by atoms with van der Waals surface area (Å²) in [6.45, 7) is 6.77. The van der Waals surface area contributed by atoms with E-state index >= 15 is 0 Å². The van der Waals surface area contributed by atoms with Crippen LogP contribution in [0.25, 0.3) is 0 Å². The third-order valence-corrected chi connectivity index (χ3v) is 3.43. The average molecular weight is 388 g/mol. The second-order valence-corrected chi connectivity index (χ2v) is 5.72. The number of ether oxygens (including phenoxy) is 4. The number of aromatic nitrogens is 2. The first-order chi connectivity index (χ1) is 12.6. The van der Waals surface area contributed by atoms with E-state index in [-0.39, 0.29) is 12.5 Å². The lowest BCUT2D eigenvalue weighted by Crippen LogP contribution is -2.44. The van der Waals surface area contributed by atoms with Gasteiger partial charge in [-0.1, -0.05) is 0 Å². The smallest absolute Gasteiger partial charge is 0.352 e. The second-order valence-electron chi connectivity index (χ2n) is 5.72. The van der Waals surface area contributed by atoms with Crippen LogP contribution in [0.15, 0.2) is 17.1 Å². The van der Waals surface area contributed by atoms with Crippen LogP contribution in [0.3, 0.4) is 0 Å². The number of esters is 2. The molecule has 1 aromatic heterocycles. The SMILES string of the molecule is CCOc1ccn(C(C)O[C@H](COC(C)=O)C(OC(C)=O)C(C)F)c(=O)n1. The second kappa shape index (κ2) is 10.6. The van der Waals surface area contributed by atoms with E-state index in [1.807, 2.05) is 0 Å². The van der Waals surface area contributed by atoms with Gasteiger partial charge in [-0.3, -0.25) is 14.2 Å². The summed E-state index contributed by atoms with van der Waals surface area (Å²) in [6.07, 6.45) is -3.55. The van der Waals surface area contributed by atoms with Crippen molar-refractivity contribution in [3.8, 4) is 5.88 Å². The number of hydrogen-bond donors (Lipinski definition) is 0. The Morgan fingerprint density at radius 2 is 1.93 bits per heavy atom. The van der Waals surface area contributed by atoms with Gasteiger partial charge in [0.05, 0.1) is 6.61 Å². The Balaban J connectivity index is 3.03. The molecule has 4 atom stereocenters. The van der Waals surface area contributed by atoms with Crippen LogP contribution >= 0.6 is 0 Å². The zero-order valence-electron chi connectivity index (χ0n) is 16.0. The van der Waals surface area contributed by atoms with Crippen LogP contribution in [-0.4, -0.2) is 53.1 Å². The van der Waals surface area contributed by atoms with Gasteiger partial charge in [-0.25, -0.2) is 9.18 Å². The molecule has 1 heterocycles. The molecule has 152 valence electrons. The maximum atomic E-state index is 14.0. The van der Waals surface area contributed by atoms with Crippen molar-refractivity contribution in [2.24, 2.45) is 0 Å². The Bertz CT molecular complexity index is 692. The molecule has 0 amide bonds. The molecular formula is C17H25FN2O7. The molecule has 0 aromatic carbocycles. The third kappa shape index (κ3) is 7.33. The summed E-state index contributed by atoms with van der Waals surface area (Å²) < 4.78 is 35.8. The van der Waals surface area contributed by atoms with Crippen LogP contribution in [0.4, 0.5) is 4.39 Å². The summed E-state index contributed by atoms with van der Waals surface area (Å²) in [4.78, 5) is 38.3. The van der Waals surface area contributed by atoms with Gasteiger partial charge in [0, 0.05) is 26.1 Å². The molecule has 3 unspecified atom stereocenters. The van der Waals surface area contributed by atoms with Gasteiger partial charge in [-0.2, -0.15) is 4.98 Å². The number of hydrogen-bond acceptors (Lipinski definition) is 8. The van der Waals surface area contributed by atoms with Crippen LogP contribution in [0.1, 0.15) is 40.8 Å². The molecule has 0 fully saturated rings. The van der Waals surface area contributed by atoms with Gasteiger partial charge in [0.25, 0.3) is 0 Å². The van der Waals surface area contributed by atoms with Crippen LogP contribution in [-0.2, 0) is 23.8 Å². The molecule has 1 aromatic rings. The van der Waals surface area contributed by atoms with Crippen molar-refractivity contribution in [3.05, 3.63) is 22.7 Å². The summed E-state index contributed by atoms with van der Waals surface area (Å²) in [5.74, 6) is -1.16. The molecule has 0 radical (unpaired) electrons. The fraction of sp³-hybridized carbons (Fsp3) is 0.647. The quantitative estimate of drug-likeness (QED) is 0.554. The van der Waals surface area contributed by atoms with Gasteiger partial charge < -0.3 is 18.9 Å².